The average Bonchev–Trinajstić information content (AvgIpc) is 2.98. The molecular formula is C20H19F3N4O4S. The lowest BCUT2D eigenvalue weighted by Gasteiger charge is -2.11. The van der Waals surface area contributed by atoms with E-state index in [0.29, 0.717) is 24.4 Å². The lowest BCUT2D eigenvalue weighted by Crippen LogP contribution is -2.23. The van der Waals surface area contributed by atoms with E-state index in [2.05, 4.69) is 10.4 Å². The molecule has 0 aliphatic rings. The Hall–Kier alpha value is -3.41. The Kier molecular flexibility index (Phi) is 6.26. The molecule has 2 aromatic carbocycles. The molecular weight excluding hydrogens is 449 g/mol. The molecule has 0 atom stereocenters. The van der Waals surface area contributed by atoms with Gasteiger partial charge in [-0.2, -0.15) is 18.3 Å². The van der Waals surface area contributed by atoms with E-state index in [1.165, 1.54) is 0 Å². The molecule has 0 amide bonds. The number of rotatable bonds is 7. The van der Waals surface area contributed by atoms with Gasteiger partial charge >= 0.3 is 5.51 Å². The molecule has 0 unspecified atom stereocenters. The van der Waals surface area contributed by atoms with E-state index in [0.717, 1.165) is 22.9 Å². The fourth-order valence-electron chi connectivity index (χ4n) is 3.20. The molecule has 32 heavy (non-hydrogen) atoms. The van der Waals surface area contributed by atoms with Crippen LogP contribution in [0.5, 0.6) is 0 Å². The van der Waals surface area contributed by atoms with Crippen molar-refractivity contribution in [3.63, 3.8) is 0 Å². The van der Waals surface area contributed by atoms with Gasteiger partial charge in [-0.25, -0.2) is 8.42 Å². The summed E-state index contributed by atoms with van der Waals surface area (Å²) in [7, 11) is -5.70. The van der Waals surface area contributed by atoms with Crippen LogP contribution in [0.25, 0.3) is 0 Å². The number of alkyl halides is 3. The summed E-state index contributed by atoms with van der Waals surface area (Å²) < 4.78 is 63.3. The van der Waals surface area contributed by atoms with Crippen LogP contribution in [0.15, 0.2) is 53.4 Å². The molecule has 0 spiro atoms. The summed E-state index contributed by atoms with van der Waals surface area (Å²) in [6.07, 6.45) is 0. The average molecular weight is 468 g/mol. The molecule has 3 rings (SSSR count). The van der Waals surface area contributed by atoms with Crippen LogP contribution in [0.2, 0.25) is 0 Å². The van der Waals surface area contributed by atoms with Gasteiger partial charge in [0.2, 0.25) is 0 Å². The van der Waals surface area contributed by atoms with Crippen LogP contribution in [0.1, 0.15) is 22.5 Å². The minimum absolute atomic E-state index is 0.106. The van der Waals surface area contributed by atoms with Crippen molar-refractivity contribution in [2.75, 3.05) is 5.32 Å². The molecule has 0 radical (unpaired) electrons. The Morgan fingerprint density at radius 2 is 1.78 bits per heavy atom. The molecule has 170 valence electrons. The molecule has 1 N–H and O–H groups in total. The smallest absolute Gasteiger partial charge is 0.375 e. The number of aromatic nitrogens is 2. The molecule has 8 nitrogen and oxygen atoms in total. The molecule has 1 aromatic heterocycles. The summed E-state index contributed by atoms with van der Waals surface area (Å²) in [5.41, 5.74) is -3.13. The first kappa shape index (κ1) is 23.3. The first-order valence-corrected chi connectivity index (χ1v) is 10.8. The second-order valence-corrected chi connectivity index (χ2v) is 8.97. The van der Waals surface area contributed by atoms with Crippen molar-refractivity contribution in [1.29, 1.82) is 0 Å². The summed E-state index contributed by atoms with van der Waals surface area (Å²) in [6.45, 7) is 4.25. The number of halogens is 3. The Bertz CT molecular complexity index is 1260. The number of aryl methyl sites for hydroxylation is 1. The maximum absolute atomic E-state index is 12.8. The van der Waals surface area contributed by atoms with E-state index in [9.17, 15) is 31.7 Å². The summed E-state index contributed by atoms with van der Waals surface area (Å²) >= 11 is 0. The second-order valence-electron chi connectivity index (χ2n) is 7.03. The van der Waals surface area contributed by atoms with Crippen LogP contribution in [0, 0.1) is 24.0 Å². The van der Waals surface area contributed by atoms with Gasteiger partial charge in [0, 0.05) is 23.9 Å². The normalized spacial score (nSPS) is 12.0. The standard InChI is InChI=1S/C20H19F3N4O4S/c1-13-17(14(2)26(25-13)12-15-6-4-3-5-7-15)11-24-18-9-8-16(10-19(18)27(28)29)32(30,31)20(21,22)23/h3-10,24H,11-12H2,1-2H3. The van der Waals surface area contributed by atoms with Gasteiger partial charge in [-0.15, -0.1) is 0 Å². The van der Waals surface area contributed by atoms with Gasteiger partial charge in [-0.1, -0.05) is 30.3 Å². The highest BCUT2D eigenvalue weighted by Crippen LogP contribution is 2.35. The number of nitrogens with zero attached hydrogens (tertiary/aromatic N) is 3. The summed E-state index contributed by atoms with van der Waals surface area (Å²) in [6, 6.07) is 11.7. The number of anilines is 1. The predicted octanol–water partition coefficient (Wildman–Crippen LogP) is 4.36. The Labute approximate surface area is 181 Å². The van der Waals surface area contributed by atoms with Crippen LogP contribution in [-0.4, -0.2) is 28.6 Å². The molecule has 0 bridgehead atoms. The number of sulfone groups is 1. The SMILES string of the molecule is Cc1nn(Cc2ccccc2)c(C)c1CNc1ccc(S(=O)(=O)C(F)(F)F)cc1[N+](=O)[O-]. The molecule has 0 fully saturated rings. The first-order chi connectivity index (χ1) is 14.9. The zero-order chi connectivity index (χ0) is 23.7. The lowest BCUT2D eigenvalue weighted by molar-refractivity contribution is -0.384. The maximum Gasteiger partial charge on any atom is 0.501 e. The predicted molar refractivity (Wildman–Crippen MR) is 111 cm³/mol. The lowest BCUT2D eigenvalue weighted by atomic mass is 10.1. The third kappa shape index (κ3) is 4.59. The molecule has 1 heterocycles. The molecule has 0 saturated carbocycles. The van der Waals surface area contributed by atoms with Crippen LogP contribution in [0.4, 0.5) is 24.5 Å². The van der Waals surface area contributed by atoms with Gasteiger partial charge < -0.3 is 5.32 Å². The Balaban J connectivity index is 1.86. The van der Waals surface area contributed by atoms with E-state index in [1.807, 2.05) is 37.3 Å². The van der Waals surface area contributed by atoms with Gasteiger partial charge in [0.1, 0.15) is 5.69 Å². The second kappa shape index (κ2) is 8.61. The third-order valence-electron chi connectivity index (χ3n) is 4.94. The van der Waals surface area contributed by atoms with Crippen molar-refractivity contribution in [2.45, 2.75) is 37.3 Å². The highest BCUT2D eigenvalue weighted by Gasteiger charge is 2.47. The van der Waals surface area contributed by atoms with Gasteiger partial charge in [-0.3, -0.25) is 14.8 Å². The fourth-order valence-corrected chi connectivity index (χ4v) is 3.98. The van der Waals surface area contributed by atoms with Gasteiger partial charge in [0.15, 0.2) is 0 Å². The van der Waals surface area contributed by atoms with Gasteiger partial charge in [0.05, 0.1) is 22.1 Å². The maximum atomic E-state index is 12.8. The minimum atomic E-state index is -5.70. The van der Waals surface area contributed by atoms with Crippen LogP contribution in [-0.2, 0) is 22.9 Å². The van der Waals surface area contributed by atoms with E-state index in [4.69, 9.17) is 0 Å². The summed E-state index contributed by atoms with van der Waals surface area (Å²) in [4.78, 5) is 9.25. The van der Waals surface area contributed by atoms with E-state index in [1.54, 1.807) is 11.6 Å². The zero-order valence-corrected chi connectivity index (χ0v) is 17.9. The largest absolute Gasteiger partial charge is 0.501 e. The highest BCUT2D eigenvalue weighted by atomic mass is 32.2. The minimum Gasteiger partial charge on any atom is -0.375 e. The number of nitro benzene ring substituents is 1. The number of hydrogen-bond donors (Lipinski definition) is 1. The van der Waals surface area contributed by atoms with E-state index >= 15 is 0 Å². The van der Waals surface area contributed by atoms with Crippen LogP contribution < -0.4 is 5.32 Å². The van der Waals surface area contributed by atoms with Crippen molar-refractivity contribution in [1.82, 2.24) is 9.78 Å². The van der Waals surface area contributed by atoms with Crippen LogP contribution >= 0.6 is 0 Å². The van der Waals surface area contributed by atoms with E-state index < -0.39 is 30.9 Å². The van der Waals surface area contributed by atoms with E-state index in [-0.39, 0.29) is 12.2 Å². The fraction of sp³-hybridized carbons (Fsp3) is 0.250. The van der Waals surface area contributed by atoms with Gasteiger partial charge in [0.25, 0.3) is 15.5 Å². The third-order valence-corrected chi connectivity index (χ3v) is 6.43. The summed E-state index contributed by atoms with van der Waals surface area (Å²) in [5, 5.41) is 18.7. The molecule has 0 aliphatic carbocycles. The monoisotopic (exact) mass is 468 g/mol. The molecule has 0 saturated heterocycles. The Morgan fingerprint density at radius 1 is 1.12 bits per heavy atom. The van der Waals surface area contributed by atoms with Crippen LogP contribution in [0.3, 0.4) is 0 Å². The van der Waals surface area contributed by atoms with Crippen molar-refractivity contribution >= 4 is 21.2 Å². The highest BCUT2D eigenvalue weighted by molar-refractivity contribution is 7.92. The first-order valence-electron chi connectivity index (χ1n) is 9.32. The summed E-state index contributed by atoms with van der Waals surface area (Å²) in [5.74, 6) is 0. The zero-order valence-electron chi connectivity index (χ0n) is 17.0. The van der Waals surface area contributed by atoms with Crippen molar-refractivity contribution < 1.29 is 26.5 Å². The number of hydrogen-bond acceptors (Lipinski definition) is 6. The molecule has 3 aromatic rings. The van der Waals surface area contributed by atoms with Crippen molar-refractivity contribution in [2.24, 2.45) is 0 Å². The van der Waals surface area contributed by atoms with Crippen molar-refractivity contribution in [3.8, 4) is 0 Å². The molecule has 12 heteroatoms. The van der Waals surface area contributed by atoms with Crippen molar-refractivity contribution in [3.05, 3.63) is 81.2 Å². The van der Waals surface area contributed by atoms with Gasteiger partial charge in [-0.05, 0) is 31.5 Å². The Morgan fingerprint density at radius 3 is 2.38 bits per heavy atom. The number of nitro groups is 1. The topological polar surface area (TPSA) is 107 Å². The number of nitrogens with one attached hydrogen (secondary N) is 1. The quantitative estimate of drug-likeness (QED) is 0.408. The number of benzene rings is 2. The molecule has 0 aliphatic heterocycles.